The van der Waals surface area contributed by atoms with Crippen LogP contribution < -0.4 is 5.32 Å². The van der Waals surface area contributed by atoms with Gasteiger partial charge in [-0.2, -0.15) is 0 Å². The molecule has 2 aromatic carbocycles. The van der Waals surface area contributed by atoms with E-state index in [0.29, 0.717) is 19.5 Å². The molecule has 4 rings (SSSR count). The molecule has 33 heavy (non-hydrogen) atoms. The Morgan fingerprint density at radius 2 is 1.61 bits per heavy atom. The minimum absolute atomic E-state index is 0.0272. The Balaban J connectivity index is 1.37. The molecule has 1 aliphatic carbocycles. The molecule has 2 aromatic rings. The zero-order chi connectivity index (χ0) is 23.5. The van der Waals surface area contributed by atoms with Gasteiger partial charge in [0.1, 0.15) is 12.6 Å². The van der Waals surface area contributed by atoms with Gasteiger partial charge >= 0.3 is 12.1 Å². The average molecular weight is 451 g/mol. The number of aliphatic carboxylic acids is 1. The molecule has 174 valence electrons. The predicted molar refractivity (Wildman–Crippen MR) is 124 cm³/mol. The van der Waals surface area contributed by atoms with Gasteiger partial charge in [-0.15, -0.1) is 0 Å². The quantitative estimate of drug-likeness (QED) is 0.637. The number of carboxylic acid groups (broad SMARTS) is 1. The van der Waals surface area contributed by atoms with Crippen molar-refractivity contribution in [3.05, 3.63) is 59.7 Å². The van der Waals surface area contributed by atoms with Gasteiger partial charge in [0.05, 0.1) is 6.42 Å². The highest BCUT2D eigenvalue weighted by Crippen LogP contribution is 2.44. The van der Waals surface area contributed by atoms with E-state index in [-0.39, 0.29) is 36.7 Å². The first-order valence-corrected chi connectivity index (χ1v) is 11.5. The molecule has 2 amide bonds. The van der Waals surface area contributed by atoms with Gasteiger partial charge in [-0.1, -0.05) is 62.4 Å². The van der Waals surface area contributed by atoms with E-state index in [1.54, 1.807) is 4.90 Å². The summed E-state index contributed by atoms with van der Waals surface area (Å²) in [5.41, 5.74) is 4.57. The van der Waals surface area contributed by atoms with E-state index in [1.165, 1.54) is 0 Å². The number of carbonyl (C=O) groups excluding carboxylic acids is 2. The van der Waals surface area contributed by atoms with Gasteiger partial charge in [-0.05, 0) is 34.6 Å². The van der Waals surface area contributed by atoms with Crippen molar-refractivity contribution in [2.45, 2.75) is 38.6 Å². The highest BCUT2D eigenvalue weighted by Gasteiger charge is 2.36. The molecule has 2 aliphatic rings. The number of amides is 2. The van der Waals surface area contributed by atoms with Crippen molar-refractivity contribution in [2.24, 2.45) is 11.8 Å². The fourth-order valence-corrected chi connectivity index (χ4v) is 4.82. The van der Waals surface area contributed by atoms with Crippen LogP contribution in [0.3, 0.4) is 0 Å². The monoisotopic (exact) mass is 450 g/mol. The number of hydrogen-bond acceptors (Lipinski definition) is 4. The summed E-state index contributed by atoms with van der Waals surface area (Å²) < 4.78 is 5.61. The lowest BCUT2D eigenvalue weighted by molar-refractivity contribution is -0.146. The van der Waals surface area contributed by atoms with Crippen molar-refractivity contribution in [1.82, 2.24) is 10.2 Å². The topological polar surface area (TPSA) is 95.9 Å². The molecule has 1 fully saturated rings. The third-order valence-electron chi connectivity index (χ3n) is 6.37. The Morgan fingerprint density at radius 1 is 1.03 bits per heavy atom. The number of nitrogens with one attached hydrogen (secondary N) is 1. The number of ether oxygens (including phenoxy) is 1. The Bertz CT molecular complexity index is 999. The van der Waals surface area contributed by atoms with Crippen molar-refractivity contribution in [1.29, 1.82) is 0 Å². The first-order valence-electron chi connectivity index (χ1n) is 11.5. The van der Waals surface area contributed by atoms with E-state index in [0.717, 1.165) is 22.3 Å². The normalized spacial score (nSPS) is 16.0. The van der Waals surface area contributed by atoms with Gasteiger partial charge < -0.3 is 20.1 Å². The van der Waals surface area contributed by atoms with Gasteiger partial charge in [-0.3, -0.25) is 9.59 Å². The maximum Gasteiger partial charge on any atom is 0.407 e. The first kappa shape index (κ1) is 22.8. The second kappa shape index (κ2) is 9.65. The van der Waals surface area contributed by atoms with E-state index >= 15 is 0 Å². The summed E-state index contributed by atoms with van der Waals surface area (Å²) in [4.78, 5) is 38.1. The molecule has 1 heterocycles. The lowest BCUT2D eigenvalue weighted by atomic mass is 9.94. The molecule has 1 aliphatic heterocycles. The van der Waals surface area contributed by atoms with Crippen LogP contribution in [0.15, 0.2) is 48.5 Å². The van der Waals surface area contributed by atoms with Gasteiger partial charge in [0.2, 0.25) is 5.91 Å². The molecule has 0 radical (unpaired) electrons. The molecule has 1 saturated heterocycles. The van der Waals surface area contributed by atoms with Crippen LogP contribution in [-0.4, -0.2) is 53.7 Å². The number of hydrogen-bond donors (Lipinski definition) is 2. The van der Waals surface area contributed by atoms with Crippen LogP contribution in [0, 0.1) is 11.8 Å². The Hall–Kier alpha value is -3.35. The third-order valence-corrected chi connectivity index (χ3v) is 6.37. The molecule has 0 aromatic heterocycles. The molecule has 2 N–H and O–H groups in total. The summed E-state index contributed by atoms with van der Waals surface area (Å²) in [6.07, 6.45) is -0.0693. The van der Waals surface area contributed by atoms with E-state index < -0.39 is 18.1 Å². The average Bonchev–Trinajstić information content (AvgIpc) is 3.07. The number of rotatable bonds is 8. The molecule has 7 nitrogen and oxygen atoms in total. The molecule has 7 heteroatoms. The Kier molecular flexibility index (Phi) is 6.67. The van der Waals surface area contributed by atoms with Crippen LogP contribution >= 0.6 is 0 Å². The molecule has 0 saturated carbocycles. The molecular weight excluding hydrogens is 420 g/mol. The van der Waals surface area contributed by atoms with Crippen LogP contribution in [0.5, 0.6) is 0 Å². The summed E-state index contributed by atoms with van der Waals surface area (Å²) >= 11 is 0. The Labute approximate surface area is 193 Å². The number of carbonyl (C=O) groups is 3. The number of fused-ring (bicyclic) bond motifs is 3. The van der Waals surface area contributed by atoms with Crippen molar-refractivity contribution in [3.8, 4) is 11.1 Å². The highest BCUT2D eigenvalue weighted by atomic mass is 16.5. The van der Waals surface area contributed by atoms with Crippen LogP contribution in [0.2, 0.25) is 0 Å². The van der Waals surface area contributed by atoms with Gasteiger partial charge in [0.25, 0.3) is 0 Å². The first-order chi connectivity index (χ1) is 15.8. The largest absolute Gasteiger partial charge is 0.481 e. The van der Waals surface area contributed by atoms with Crippen LogP contribution in [0.25, 0.3) is 11.1 Å². The van der Waals surface area contributed by atoms with Crippen molar-refractivity contribution < 1.29 is 24.2 Å². The van der Waals surface area contributed by atoms with E-state index in [9.17, 15) is 14.4 Å². The van der Waals surface area contributed by atoms with Gasteiger partial charge in [-0.25, -0.2) is 4.79 Å². The molecule has 0 bridgehead atoms. The molecule has 0 unspecified atom stereocenters. The van der Waals surface area contributed by atoms with Crippen molar-refractivity contribution in [2.75, 3.05) is 19.7 Å². The lowest BCUT2D eigenvalue weighted by Crippen LogP contribution is -2.57. The number of carboxylic acids is 1. The maximum atomic E-state index is 12.9. The SMILES string of the molecule is CC(C)C[C@H](NC(=O)OCC1c2ccccc2-c2ccccc21)C(=O)N1CC(CC(=O)O)C1. The summed E-state index contributed by atoms with van der Waals surface area (Å²) in [5.74, 6) is -0.916. The number of nitrogens with zero attached hydrogens (tertiary/aromatic N) is 1. The lowest BCUT2D eigenvalue weighted by Gasteiger charge is -2.40. The smallest absolute Gasteiger partial charge is 0.407 e. The molecule has 1 atom stereocenters. The highest BCUT2D eigenvalue weighted by molar-refractivity contribution is 5.86. The summed E-state index contributed by atoms with van der Waals surface area (Å²) in [7, 11) is 0. The molecular formula is C26H30N2O5. The minimum Gasteiger partial charge on any atom is -0.481 e. The number of benzene rings is 2. The summed E-state index contributed by atoms with van der Waals surface area (Å²) in [6.45, 7) is 4.98. The third kappa shape index (κ3) is 5.02. The summed E-state index contributed by atoms with van der Waals surface area (Å²) in [5, 5.41) is 11.7. The van der Waals surface area contributed by atoms with E-state index in [2.05, 4.69) is 29.6 Å². The van der Waals surface area contributed by atoms with Crippen LogP contribution in [0.1, 0.15) is 43.7 Å². The summed E-state index contributed by atoms with van der Waals surface area (Å²) in [6, 6.07) is 15.6. The van der Waals surface area contributed by atoms with Crippen molar-refractivity contribution >= 4 is 18.0 Å². The van der Waals surface area contributed by atoms with Crippen LogP contribution in [0.4, 0.5) is 4.79 Å². The molecule has 0 spiro atoms. The van der Waals surface area contributed by atoms with Gasteiger partial charge in [0, 0.05) is 24.9 Å². The number of alkyl carbamates (subject to hydrolysis) is 1. The van der Waals surface area contributed by atoms with Crippen LogP contribution in [-0.2, 0) is 14.3 Å². The second-order valence-electron chi connectivity index (χ2n) is 9.36. The standard InChI is InChI=1S/C26H30N2O5/c1-16(2)11-23(25(31)28-13-17(14-28)12-24(29)30)27-26(32)33-15-22-20-9-5-3-7-18(20)19-8-4-6-10-21(19)22/h3-10,16-17,22-23H,11-15H2,1-2H3,(H,27,32)(H,29,30)/t23-/m0/s1. The fourth-order valence-electron chi connectivity index (χ4n) is 4.82. The maximum absolute atomic E-state index is 12.9. The van der Waals surface area contributed by atoms with E-state index in [4.69, 9.17) is 9.84 Å². The number of likely N-dealkylation sites (tertiary alicyclic amines) is 1. The van der Waals surface area contributed by atoms with Gasteiger partial charge in [0.15, 0.2) is 0 Å². The fraction of sp³-hybridized carbons (Fsp3) is 0.423. The minimum atomic E-state index is -0.859. The zero-order valence-corrected chi connectivity index (χ0v) is 19.0. The zero-order valence-electron chi connectivity index (χ0n) is 19.0. The second-order valence-corrected chi connectivity index (χ2v) is 9.36. The Morgan fingerprint density at radius 3 is 2.15 bits per heavy atom. The van der Waals surface area contributed by atoms with E-state index in [1.807, 2.05) is 38.1 Å². The predicted octanol–water partition coefficient (Wildman–Crippen LogP) is 3.87. The van der Waals surface area contributed by atoms with Crippen molar-refractivity contribution in [3.63, 3.8) is 0 Å².